The first-order valence-corrected chi connectivity index (χ1v) is 6.91. The molecule has 0 radical (unpaired) electrons. The highest BCUT2D eigenvalue weighted by molar-refractivity contribution is 5.96. The van der Waals surface area contributed by atoms with Crippen molar-refractivity contribution >= 4 is 11.7 Å². The zero-order valence-electron chi connectivity index (χ0n) is 12.9. The fourth-order valence-corrected chi connectivity index (χ4v) is 2.19. The molecule has 0 atom stereocenters. The van der Waals surface area contributed by atoms with Crippen molar-refractivity contribution in [2.45, 2.75) is 26.2 Å². The molecule has 21 heavy (non-hydrogen) atoms. The van der Waals surface area contributed by atoms with E-state index in [0.29, 0.717) is 11.3 Å². The number of rotatable bonds is 2. The van der Waals surface area contributed by atoms with E-state index in [1.165, 1.54) is 12.7 Å². The molecule has 3 heteroatoms. The van der Waals surface area contributed by atoms with Crippen LogP contribution in [0.4, 0.5) is 5.69 Å². The summed E-state index contributed by atoms with van der Waals surface area (Å²) in [6.07, 6.45) is 0. The summed E-state index contributed by atoms with van der Waals surface area (Å²) in [6, 6.07) is 13.8. The Kier molecular flexibility index (Phi) is 4.03. The Morgan fingerprint density at radius 3 is 2.10 bits per heavy atom. The van der Waals surface area contributed by atoms with E-state index >= 15 is 0 Å². The number of methoxy groups -OCH3 is 1. The highest BCUT2D eigenvalue weighted by Gasteiger charge is 2.14. The first kappa shape index (κ1) is 15.1. The van der Waals surface area contributed by atoms with Crippen molar-refractivity contribution < 1.29 is 9.53 Å². The van der Waals surface area contributed by atoms with Gasteiger partial charge in [-0.1, -0.05) is 51.1 Å². The van der Waals surface area contributed by atoms with E-state index in [1.807, 2.05) is 6.07 Å². The summed E-state index contributed by atoms with van der Waals surface area (Å²) in [4.78, 5) is 11.7. The quantitative estimate of drug-likeness (QED) is 0.669. The smallest absolute Gasteiger partial charge is 0.339 e. The molecule has 0 aliphatic carbocycles. The molecule has 2 aromatic rings. The van der Waals surface area contributed by atoms with E-state index < -0.39 is 5.97 Å². The number of benzene rings is 2. The Balaban J connectivity index is 2.41. The van der Waals surface area contributed by atoms with Crippen LogP contribution in [-0.2, 0) is 10.2 Å². The second-order valence-electron chi connectivity index (χ2n) is 6.12. The molecular weight excluding hydrogens is 262 g/mol. The number of nitrogen functional groups attached to an aromatic ring is 1. The standard InChI is InChI=1S/C18H21NO2/c1-18(2,3)14-8-5-12(6-9-14)13-7-10-16(19)15(11-13)17(20)21-4/h5-11H,19H2,1-4H3. The number of ether oxygens (including phenoxy) is 1. The third kappa shape index (κ3) is 3.24. The topological polar surface area (TPSA) is 52.3 Å². The van der Waals surface area contributed by atoms with Gasteiger partial charge in [0.15, 0.2) is 0 Å². The lowest BCUT2D eigenvalue weighted by Gasteiger charge is -2.19. The lowest BCUT2D eigenvalue weighted by molar-refractivity contribution is 0.0602. The number of esters is 1. The van der Waals surface area contributed by atoms with Gasteiger partial charge in [-0.25, -0.2) is 4.79 Å². The lowest BCUT2D eigenvalue weighted by Crippen LogP contribution is -2.10. The summed E-state index contributed by atoms with van der Waals surface area (Å²) >= 11 is 0. The predicted octanol–water partition coefficient (Wildman–Crippen LogP) is 4.02. The van der Waals surface area contributed by atoms with Crippen LogP contribution in [0.1, 0.15) is 36.7 Å². The van der Waals surface area contributed by atoms with Crippen LogP contribution in [0.15, 0.2) is 42.5 Å². The van der Waals surface area contributed by atoms with Gasteiger partial charge in [0.2, 0.25) is 0 Å². The van der Waals surface area contributed by atoms with Gasteiger partial charge in [0, 0.05) is 5.69 Å². The molecule has 0 unspecified atom stereocenters. The summed E-state index contributed by atoms with van der Waals surface area (Å²) in [5.74, 6) is -0.416. The van der Waals surface area contributed by atoms with Crippen LogP contribution >= 0.6 is 0 Å². The Labute approximate surface area is 125 Å². The second-order valence-corrected chi connectivity index (χ2v) is 6.12. The minimum atomic E-state index is -0.416. The van der Waals surface area contributed by atoms with Crippen LogP contribution in [0.2, 0.25) is 0 Å². The fraction of sp³-hybridized carbons (Fsp3) is 0.278. The highest BCUT2D eigenvalue weighted by atomic mass is 16.5. The minimum absolute atomic E-state index is 0.122. The molecule has 0 spiro atoms. The molecule has 110 valence electrons. The van der Waals surface area contributed by atoms with Crippen LogP contribution in [0.3, 0.4) is 0 Å². The number of hydrogen-bond donors (Lipinski definition) is 1. The first-order valence-electron chi connectivity index (χ1n) is 6.91. The highest BCUT2D eigenvalue weighted by Crippen LogP contribution is 2.28. The summed E-state index contributed by atoms with van der Waals surface area (Å²) in [6.45, 7) is 6.54. The molecule has 3 nitrogen and oxygen atoms in total. The van der Waals surface area contributed by atoms with Gasteiger partial charge in [-0.15, -0.1) is 0 Å². The van der Waals surface area contributed by atoms with Gasteiger partial charge in [0.05, 0.1) is 12.7 Å². The van der Waals surface area contributed by atoms with Crippen LogP contribution in [0.25, 0.3) is 11.1 Å². The van der Waals surface area contributed by atoms with Gasteiger partial charge in [-0.05, 0) is 34.2 Å². The van der Waals surface area contributed by atoms with Crippen molar-refractivity contribution in [3.63, 3.8) is 0 Å². The zero-order valence-corrected chi connectivity index (χ0v) is 12.9. The average Bonchev–Trinajstić information content (AvgIpc) is 2.46. The third-order valence-corrected chi connectivity index (χ3v) is 3.54. The molecule has 0 saturated heterocycles. The lowest BCUT2D eigenvalue weighted by atomic mass is 9.86. The largest absolute Gasteiger partial charge is 0.465 e. The van der Waals surface area contributed by atoms with Gasteiger partial charge in [-0.2, -0.15) is 0 Å². The molecular formula is C18H21NO2. The summed E-state index contributed by atoms with van der Waals surface area (Å²) in [5.41, 5.74) is 10.0. The van der Waals surface area contributed by atoms with Crippen molar-refractivity contribution in [1.82, 2.24) is 0 Å². The van der Waals surface area contributed by atoms with Crippen LogP contribution < -0.4 is 5.73 Å². The van der Waals surface area contributed by atoms with E-state index in [9.17, 15) is 4.79 Å². The van der Waals surface area contributed by atoms with Gasteiger partial charge in [0.1, 0.15) is 0 Å². The fourth-order valence-electron chi connectivity index (χ4n) is 2.19. The summed E-state index contributed by atoms with van der Waals surface area (Å²) in [5, 5.41) is 0. The zero-order chi connectivity index (χ0) is 15.6. The molecule has 0 aliphatic heterocycles. The Morgan fingerprint density at radius 2 is 1.57 bits per heavy atom. The van der Waals surface area contributed by atoms with Crippen molar-refractivity contribution in [2.75, 3.05) is 12.8 Å². The number of hydrogen-bond acceptors (Lipinski definition) is 3. The van der Waals surface area contributed by atoms with Gasteiger partial charge in [-0.3, -0.25) is 0 Å². The van der Waals surface area contributed by atoms with Gasteiger partial charge >= 0.3 is 5.97 Å². The maximum atomic E-state index is 11.7. The maximum Gasteiger partial charge on any atom is 0.339 e. The normalized spacial score (nSPS) is 11.2. The Hall–Kier alpha value is -2.29. The maximum absolute atomic E-state index is 11.7. The van der Waals surface area contributed by atoms with Crippen molar-refractivity contribution in [1.29, 1.82) is 0 Å². The molecule has 2 N–H and O–H groups in total. The number of nitrogens with two attached hydrogens (primary N) is 1. The number of carbonyl (C=O) groups is 1. The van der Waals surface area contributed by atoms with E-state index in [0.717, 1.165) is 11.1 Å². The average molecular weight is 283 g/mol. The molecule has 0 amide bonds. The van der Waals surface area contributed by atoms with E-state index in [4.69, 9.17) is 10.5 Å². The van der Waals surface area contributed by atoms with E-state index in [-0.39, 0.29) is 5.41 Å². The molecule has 0 heterocycles. The molecule has 0 saturated carbocycles. The Morgan fingerprint density at radius 1 is 1.00 bits per heavy atom. The molecule has 0 aromatic heterocycles. The SMILES string of the molecule is COC(=O)c1cc(-c2ccc(C(C)(C)C)cc2)ccc1N. The van der Waals surface area contributed by atoms with Gasteiger partial charge < -0.3 is 10.5 Å². The molecule has 0 fully saturated rings. The number of carbonyl (C=O) groups excluding carboxylic acids is 1. The van der Waals surface area contributed by atoms with Crippen LogP contribution in [0, 0.1) is 0 Å². The second kappa shape index (κ2) is 5.60. The minimum Gasteiger partial charge on any atom is -0.465 e. The summed E-state index contributed by atoms with van der Waals surface area (Å²) < 4.78 is 4.75. The molecule has 2 rings (SSSR count). The van der Waals surface area contributed by atoms with Crippen LogP contribution in [-0.4, -0.2) is 13.1 Å². The monoisotopic (exact) mass is 283 g/mol. The Bertz CT molecular complexity index is 652. The first-order chi connectivity index (χ1) is 9.82. The molecule has 2 aromatic carbocycles. The number of anilines is 1. The third-order valence-electron chi connectivity index (χ3n) is 3.54. The van der Waals surface area contributed by atoms with Crippen molar-refractivity contribution in [2.24, 2.45) is 0 Å². The summed E-state index contributed by atoms with van der Waals surface area (Å²) in [7, 11) is 1.35. The molecule has 0 bridgehead atoms. The predicted molar refractivity (Wildman–Crippen MR) is 86.3 cm³/mol. The van der Waals surface area contributed by atoms with Crippen molar-refractivity contribution in [3.05, 3.63) is 53.6 Å². The molecule has 0 aliphatic rings. The van der Waals surface area contributed by atoms with Gasteiger partial charge in [0.25, 0.3) is 0 Å². The van der Waals surface area contributed by atoms with Crippen molar-refractivity contribution in [3.8, 4) is 11.1 Å². The van der Waals surface area contributed by atoms with E-state index in [2.05, 4.69) is 45.0 Å². The van der Waals surface area contributed by atoms with Crippen LogP contribution in [0.5, 0.6) is 0 Å². The van der Waals surface area contributed by atoms with E-state index in [1.54, 1.807) is 12.1 Å².